The lowest BCUT2D eigenvalue weighted by molar-refractivity contribution is -0.117. The Morgan fingerprint density at radius 2 is 1.96 bits per heavy atom. The first-order valence-corrected chi connectivity index (χ1v) is 9.32. The predicted molar refractivity (Wildman–Crippen MR) is 94.0 cm³/mol. The van der Waals surface area contributed by atoms with Crippen molar-refractivity contribution >= 4 is 27.2 Å². The number of carbonyl (C=O) groups is 2. The fraction of sp³-hybridized carbons (Fsp3) is 0.389. The first-order valence-electron chi connectivity index (χ1n) is 8.18. The van der Waals surface area contributed by atoms with Crippen LogP contribution in [0.4, 0.5) is 0 Å². The first kappa shape index (κ1) is 18.5. The number of hydroxylamine groups is 2. The Morgan fingerprint density at radius 1 is 1.23 bits per heavy atom. The third-order valence-corrected chi connectivity index (χ3v) is 5.14. The van der Waals surface area contributed by atoms with Crippen LogP contribution in [0.2, 0.25) is 0 Å². The number of benzene rings is 1. The maximum atomic E-state index is 13.2. The van der Waals surface area contributed by atoms with Crippen LogP contribution in [0.25, 0.3) is 0 Å². The number of carbonyl (C=O) groups excluding carboxylic acids is 2. The van der Waals surface area contributed by atoms with E-state index in [1.807, 2.05) is 0 Å². The predicted octanol–water partition coefficient (Wildman–Crippen LogP) is 1.43. The van der Waals surface area contributed by atoms with E-state index in [0.717, 1.165) is 5.37 Å². The largest absolute Gasteiger partial charge is 0.372 e. The zero-order valence-electron chi connectivity index (χ0n) is 14.6. The highest BCUT2D eigenvalue weighted by Gasteiger charge is 2.32. The number of rotatable bonds is 5. The smallest absolute Gasteiger partial charge is 0.214 e. The SMILES string of the molecule is CON(C)C1=C(C(=O)c2ccc(C=S(=O)=O)c3c2COC3)C(=O)CCC1. The second-order valence-corrected chi connectivity index (χ2v) is 6.89. The topological polar surface area (TPSA) is 90.0 Å². The monoisotopic (exact) mass is 377 g/mol. The Hall–Kier alpha value is -2.29. The molecule has 2 aliphatic rings. The molecular formula is C18H19NO6S. The second kappa shape index (κ2) is 7.53. The van der Waals surface area contributed by atoms with Crippen molar-refractivity contribution in [1.82, 2.24) is 5.06 Å². The van der Waals surface area contributed by atoms with Crippen LogP contribution in [-0.2, 0) is 37.9 Å². The van der Waals surface area contributed by atoms with Gasteiger partial charge >= 0.3 is 0 Å². The van der Waals surface area contributed by atoms with E-state index in [9.17, 15) is 18.0 Å². The van der Waals surface area contributed by atoms with E-state index < -0.39 is 10.3 Å². The lowest BCUT2D eigenvalue weighted by atomic mass is 9.86. The molecule has 1 aliphatic carbocycles. The molecule has 1 aromatic carbocycles. The van der Waals surface area contributed by atoms with Gasteiger partial charge in [0, 0.05) is 19.0 Å². The number of ether oxygens (including phenoxy) is 1. The number of Topliss-reactive ketones (excluding diaryl/α,β-unsaturated/α-hetero) is 2. The van der Waals surface area contributed by atoms with E-state index in [1.54, 1.807) is 19.2 Å². The second-order valence-electron chi connectivity index (χ2n) is 6.14. The number of allylic oxidation sites excluding steroid dienone is 2. The molecule has 1 aliphatic heterocycles. The van der Waals surface area contributed by atoms with Gasteiger partial charge in [0.1, 0.15) is 0 Å². The normalized spacial score (nSPS) is 16.5. The molecular weight excluding hydrogens is 358 g/mol. The van der Waals surface area contributed by atoms with Crippen LogP contribution < -0.4 is 0 Å². The summed E-state index contributed by atoms with van der Waals surface area (Å²) in [6.45, 7) is 0.442. The minimum atomic E-state index is -2.35. The summed E-state index contributed by atoms with van der Waals surface area (Å²) >= 11 is 0. The van der Waals surface area contributed by atoms with Crippen LogP contribution in [-0.4, -0.2) is 44.6 Å². The third-order valence-electron chi connectivity index (χ3n) is 4.69. The maximum absolute atomic E-state index is 13.2. The summed E-state index contributed by atoms with van der Waals surface area (Å²) in [7, 11) is 0.791. The molecule has 0 saturated carbocycles. The van der Waals surface area contributed by atoms with Crippen LogP contribution in [0, 0.1) is 0 Å². The summed E-state index contributed by atoms with van der Waals surface area (Å²) in [5.41, 5.74) is 2.89. The Balaban J connectivity index is 2.13. The lowest BCUT2D eigenvalue weighted by Gasteiger charge is -2.26. The molecule has 1 heterocycles. The van der Waals surface area contributed by atoms with Gasteiger partial charge < -0.3 is 4.74 Å². The first-order chi connectivity index (χ1) is 12.4. The molecule has 8 heteroatoms. The summed E-state index contributed by atoms with van der Waals surface area (Å²) in [4.78, 5) is 30.8. The molecule has 0 aromatic heterocycles. The van der Waals surface area contributed by atoms with E-state index in [4.69, 9.17) is 9.57 Å². The van der Waals surface area contributed by atoms with E-state index in [1.165, 1.54) is 12.2 Å². The van der Waals surface area contributed by atoms with Crippen molar-refractivity contribution in [3.8, 4) is 0 Å². The molecule has 0 radical (unpaired) electrons. The number of ketones is 2. The zero-order valence-corrected chi connectivity index (χ0v) is 15.4. The van der Waals surface area contributed by atoms with Gasteiger partial charge in [-0.3, -0.25) is 19.5 Å². The molecule has 0 amide bonds. The van der Waals surface area contributed by atoms with Crippen molar-refractivity contribution in [2.24, 2.45) is 0 Å². The highest BCUT2D eigenvalue weighted by atomic mass is 32.2. The fourth-order valence-electron chi connectivity index (χ4n) is 3.37. The van der Waals surface area contributed by atoms with Crippen LogP contribution in [0.3, 0.4) is 0 Å². The molecule has 0 unspecified atom stereocenters. The van der Waals surface area contributed by atoms with Gasteiger partial charge in [-0.15, -0.1) is 0 Å². The van der Waals surface area contributed by atoms with Crippen LogP contribution >= 0.6 is 0 Å². The molecule has 0 N–H and O–H groups in total. The quantitative estimate of drug-likeness (QED) is 0.332. The molecule has 1 aromatic rings. The average Bonchev–Trinajstić information content (AvgIpc) is 3.10. The van der Waals surface area contributed by atoms with Gasteiger partial charge in [-0.1, -0.05) is 12.1 Å². The molecule has 7 nitrogen and oxygen atoms in total. The van der Waals surface area contributed by atoms with Gasteiger partial charge in [0.25, 0.3) is 0 Å². The molecule has 0 spiro atoms. The molecule has 0 atom stereocenters. The van der Waals surface area contributed by atoms with Gasteiger partial charge in [0.2, 0.25) is 10.3 Å². The van der Waals surface area contributed by atoms with Crippen molar-refractivity contribution in [2.45, 2.75) is 32.5 Å². The summed E-state index contributed by atoms with van der Waals surface area (Å²) in [5.74, 6) is -0.575. The van der Waals surface area contributed by atoms with Crippen molar-refractivity contribution in [2.75, 3.05) is 14.2 Å². The zero-order chi connectivity index (χ0) is 18.8. The molecule has 0 bridgehead atoms. The lowest BCUT2D eigenvalue weighted by Crippen LogP contribution is -2.28. The molecule has 0 saturated heterocycles. The molecule has 3 rings (SSSR count). The van der Waals surface area contributed by atoms with Gasteiger partial charge in [-0.25, -0.2) is 0 Å². The molecule has 0 fully saturated rings. The van der Waals surface area contributed by atoms with E-state index in [-0.39, 0.29) is 30.4 Å². The number of nitrogens with zero attached hydrogens (tertiary/aromatic N) is 1. The van der Waals surface area contributed by atoms with E-state index in [0.29, 0.717) is 47.2 Å². The summed E-state index contributed by atoms with van der Waals surface area (Å²) in [5, 5.41) is 2.54. The molecule has 138 valence electrons. The fourth-order valence-corrected chi connectivity index (χ4v) is 3.80. The summed E-state index contributed by atoms with van der Waals surface area (Å²) in [6.07, 6.45) is 1.57. The third kappa shape index (κ3) is 3.35. The highest BCUT2D eigenvalue weighted by Crippen LogP contribution is 2.32. The Bertz CT molecular complexity index is 937. The molecule has 26 heavy (non-hydrogen) atoms. The Labute approximate surface area is 152 Å². The van der Waals surface area contributed by atoms with Gasteiger partial charge in [0.05, 0.1) is 37.0 Å². The van der Waals surface area contributed by atoms with Gasteiger partial charge in [-0.2, -0.15) is 8.42 Å². The van der Waals surface area contributed by atoms with E-state index in [2.05, 4.69) is 0 Å². The average molecular weight is 377 g/mol. The minimum absolute atomic E-state index is 0.138. The Kier molecular flexibility index (Phi) is 5.36. The van der Waals surface area contributed by atoms with Crippen molar-refractivity contribution < 1.29 is 27.6 Å². The van der Waals surface area contributed by atoms with Gasteiger partial charge in [-0.05, 0) is 29.5 Å². The van der Waals surface area contributed by atoms with Crippen molar-refractivity contribution in [3.63, 3.8) is 0 Å². The number of hydrogen-bond donors (Lipinski definition) is 0. The summed E-state index contributed by atoms with van der Waals surface area (Å²) in [6, 6.07) is 3.14. The van der Waals surface area contributed by atoms with Gasteiger partial charge in [0.15, 0.2) is 11.6 Å². The number of fused-ring (bicyclic) bond motifs is 1. The standard InChI is InChI=1S/C18H19NO6S/c1-19(24-2)15-4-3-5-16(20)17(15)18(21)12-7-6-11(10-26(22)23)13-8-25-9-14(12)13/h6-7,10H,3-5,8-9H2,1-2H3. The Morgan fingerprint density at radius 3 is 2.65 bits per heavy atom. The van der Waals surface area contributed by atoms with E-state index >= 15 is 0 Å². The maximum Gasteiger partial charge on any atom is 0.214 e. The van der Waals surface area contributed by atoms with Crippen LogP contribution in [0.1, 0.15) is 46.3 Å². The van der Waals surface area contributed by atoms with Crippen LogP contribution in [0.15, 0.2) is 23.4 Å². The number of hydrogen-bond acceptors (Lipinski definition) is 7. The minimum Gasteiger partial charge on any atom is -0.372 e. The van der Waals surface area contributed by atoms with Crippen molar-refractivity contribution in [3.05, 3.63) is 45.7 Å². The van der Waals surface area contributed by atoms with Crippen molar-refractivity contribution in [1.29, 1.82) is 0 Å². The highest BCUT2D eigenvalue weighted by molar-refractivity contribution is 7.71. The van der Waals surface area contributed by atoms with Crippen LogP contribution in [0.5, 0.6) is 0 Å². The summed E-state index contributed by atoms with van der Waals surface area (Å²) < 4.78 is 27.4.